The molecule has 9 heteroatoms. The molecule has 0 saturated carbocycles. The van der Waals surface area contributed by atoms with Gasteiger partial charge in [0.25, 0.3) is 5.91 Å². The van der Waals surface area contributed by atoms with E-state index in [-0.39, 0.29) is 11.3 Å². The van der Waals surface area contributed by atoms with Crippen LogP contribution in [0, 0.1) is 5.92 Å². The average molecular weight is 399 g/mol. The van der Waals surface area contributed by atoms with Gasteiger partial charge in [-0.25, -0.2) is 4.98 Å². The average Bonchev–Trinajstić information content (AvgIpc) is 3.01. The van der Waals surface area contributed by atoms with E-state index in [4.69, 9.17) is 0 Å². The molecule has 1 fully saturated rings. The van der Waals surface area contributed by atoms with Crippen LogP contribution in [0.3, 0.4) is 0 Å². The molecule has 3 rings (SSSR count). The maximum Gasteiger partial charge on any atom is 0.573 e. The highest BCUT2D eigenvalue weighted by atomic mass is 32.1. The third kappa shape index (κ3) is 5.93. The molecule has 1 saturated heterocycles. The summed E-state index contributed by atoms with van der Waals surface area (Å²) in [5, 5.41) is 5.06. The van der Waals surface area contributed by atoms with Gasteiger partial charge in [0.2, 0.25) is 0 Å². The Hall–Kier alpha value is -2.13. The summed E-state index contributed by atoms with van der Waals surface area (Å²) in [4.78, 5) is 19.0. The van der Waals surface area contributed by atoms with Gasteiger partial charge in [0.15, 0.2) is 5.13 Å². The first kappa shape index (κ1) is 19.6. The molecule has 27 heavy (non-hydrogen) atoms. The van der Waals surface area contributed by atoms with E-state index < -0.39 is 12.3 Å². The molecule has 1 unspecified atom stereocenters. The van der Waals surface area contributed by atoms with Gasteiger partial charge in [0.05, 0.1) is 5.69 Å². The minimum Gasteiger partial charge on any atom is -0.406 e. The topological polar surface area (TPSA) is 54.5 Å². The second kappa shape index (κ2) is 8.26. The van der Waals surface area contributed by atoms with Crippen molar-refractivity contribution < 1.29 is 22.7 Å². The number of piperidine rings is 1. The number of amides is 1. The largest absolute Gasteiger partial charge is 0.573 e. The Morgan fingerprint density at radius 3 is 2.78 bits per heavy atom. The van der Waals surface area contributed by atoms with Crippen molar-refractivity contribution in [1.82, 2.24) is 9.88 Å². The van der Waals surface area contributed by atoms with Crippen LogP contribution < -0.4 is 10.1 Å². The number of likely N-dealkylation sites (tertiary alicyclic amines) is 1. The molecule has 1 aromatic heterocycles. The fourth-order valence-corrected chi connectivity index (χ4v) is 3.77. The van der Waals surface area contributed by atoms with Gasteiger partial charge >= 0.3 is 6.36 Å². The van der Waals surface area contributed by atoms with Crippen molar-refractivity contribution in [2.45, 2.75) is 32.7 Å². The van der Waals surface area contributed by atoms with Crippen LogP contribution in [0.5, 0.6) is 5.75 Å². The summed E-state index contributed by atoms with van der Waals surface area (Å²) in [6.45, 7) is 5.09. The Bertz CT molecular complexity index is 777. The highest BCUT2D eigenvalue weighted by Crippen LogP contribution is 2.24. The van der Waals surface area contributed by atoms with E-state index in [2.05, 4.69) is 26.9 Å². The molecule has 1 aromatic carbocycles. The van der Waals surface area contributed by atoms with Crippen LogP contribution >= 0.6 is 11.3 Å². The van der Waals surface area contributed by atoms with Gasteiger partial charge in [-0.15, -0.1) is 24.5 Å². The number of ether oxygens (including phenoxy) is 1. The smallest absolute Gasteiger partial charge is 0.406 e. The number of rotatable bonds is 5. The number of thiazole rings is 1. The molecule has 1 aliphatic heterocycles. The van der Waals surface area contributed by atoms with E-state index in [9.17, 15) is 18.0 Å². The zero-order chi connectivity index (χ0) is 19.4. The summed E-state index contributed by atoms with van der Waals surface area (Å²) in [6.07, 6.45) is -2.32. The van der Waals surface area contributed by atoms with E-state index in [1.54, 1.807) is 0 Å². The Kier molecular flexibility index (Phi) is 6.01. The van der Waals surface area contributed by atoms with Gasteiger partial charge in [0.1, 0.15) is 5.75 Å². The van der Waals surface area contributed by atoms with Crippen molar-refractivity contribution in [2.75, 3.05) is 18.4 Å². The van der Waals surface area contributed by atoms with Crippen molar-refractivity contribution in [3.05, 3.63) is 40.9 Å². The highest BCUT2D eigenvalue weighted by molar-refractivity contribution is 7.13. The summed E-state index contributed by atoms with van der Waals surface area (Å²) in [5.41, 5.74) is 1.13. The van der Waals surface area contributed by atoms with Gasteiger partial charge in [-0.3, -0.25) is 15.0 Å². The van der Waals surface area contributed by atoms with Gasteiger partial charge in [-0.1, -0.05) is 6.92 Å². The highest BCUT2D eigenvalue weighted by Gasteiger charge is 2.31. The standard InChI is InChI=1S/C18H20F3N3O2S/c1-12-3-2-8-24(9-12)10-14-11-27-17(22-14)23-16(25)13-4-6-15(7-5-13)26-18(19,20)21/h4-7,11-12H,2-3,8-10H2,1H3,(H,22,23,25). The van der Waals surface area contributed by atoms with E-state index in [1.807, 2.05) is 5.38 Å². The molecular formula is C18H20F3N3O2S. The van der Waals surface area contributed by atoms with Crippen LogP contribution in [-0.4, -0.2) is 35.2 Å². The van der Waals surface area contributed by atoms with Crippen molar-refractivity contribution >= 4 is 22.4 Å². The van der Waals surface area contributed by atoms with Crippen LogP contribution in [-0.2, 0) is 6.54 Å². The lowest BCUT2D eigenvalue weighted by molar-refractivity contribution is -0.274. The summed E-state index contributed by atoms with van der Waals surface area (Å²) in [7, 11) is 0. The number of carbonyl (C=O) groups is 1. The van der Waals surface area contributed by atoms with Crippen molar-refractivity contribution in [2.24, 2.45) is 5.92 Å². The van der Waals surface area contributed by atoms with Crippen LogP contribution in [0.15, 0.2) is 29.6 Å². The molecule has 0 radical (unpaired) electrons. The molecule has 5 nitrogen and oxygen atoms in total. The third-order valence-corrected chi connectivity index (χ3v) is 5.06. The molecule has 1 N–H and O–H groups in total. The number of hydrogen-bond acceptors (Lipinski definition) is 5. The Morgan fingerprint density at radius 2 is 2.11 bits per heavy atom. The first-order chi connectivity index (χ1) is 12.8. The zero-order valence-corrected chi connectivity index (χ0v) is 15.6. The van der Waals surface area contributed by atoms with Crippen LogP contribution in [0.4, 0.5) is 18.3 Å². The molecule has 0 aliphatic carbocycles. The van der Waals surface area contributed by atoms with Crippen molar-refractivity contribution in [1.29, 1.82) is 0 Å². The molecular weight excluding hydrogens is 379 g/mol. The molecule has 1 atom stereocenters. The Labute approximate surface area is 159 Å². The van der Waals surface area contributed by atoms with Crippen molar-refractivity contribution in [3.8, 4) is 5.75 Å². The van der Waals surface area contributed by atoms with Crippen LogP contribution in [0.2, 0.25) is 0 Å². The second-order valence-corrected chi connectivity index (χ2v) is 7.51. The number of hydrogen-bond donors (Lipinski definition) is 1. The molecule has 0 spiro atoms. The second-order valence-electron chi connectivity index (χ2n) is 6.65. The predicted molar refractivity (Wildman–Crippen MR) is 96.9 cm³/mol. The maximum atomic E-state index is 12.2. The molecule has 2 aromatic rings. The van der Waals surface area contributed by atoms with Gasteiger partial charge in [0, 0.05) is 24.0 Å². The summed E-state index contributed by atoms with van der Waals surface area (Å²) >= 11 is 1.33. The fourth-order valence-electron chi connectivity index (χ4n) is 3.07. The van der Waals surface area contributed by atoms with Crippen molar-refractivity contribution in [3.63, 3.8) is 0 Å². The number of carbonyl (C=O) groups excluding carboxylic acids is 1. The van der Waals surface area contributed by atoms with E-state index in [0.29, 0.717) is 11.0 Å². The fraction of sp³-hybridized carbons (Fsp3) is 0.444. The first-order valence-electron chi connectivity index (χ1n) is 8.62. The Morgan fingerprint density at radius 1 is 1.37 bits per heavy atom. The minimum atomic E-state index is -4.76. The molecule has 1 aliphatic rings. The van der Waals surface area contributed by atoms with Gasteiger partial charge in [-0.05, 0) is 49.6 Å². The lowest BCUT2D eigenvalue weighted by Gasteiger charge is -2.30. The monoisotopic (exact) mass is 399 g/mol. The summed E-state index contributed by atoms with van der Waals surface area (Å²) in [6, 6.07) is 4.76. The Balaban J connectivity index is 1.56. The number of anilines is 1. The SMILES string of the molecule is CC1CCCN(Cc2csc(NC(=O)c3ccc(OC(F)(F)F)cc3)n2)C1. The van der Waals surface area contributed by atoms with E-state index in [1.165, 1.54) is 36.3 Å². The summed E-state index contributed by atoms with van der Waals surface area (Å²) < 4.78 is 40.3. The van der Waals surface area contributed by atoms with Gasteiger partial charge in [-0.2, -0.15) is 0 Å². The predicted octanol–water partition coefficient (Wildman–Crippen LogP) is 4.53. The molecule has 0 bridgehead atoms. The first-order valence-corrected chi connectivity index (χ1v) is 9.50. The number of halogens is 3. The van der Waals surface area contributed by atoms with E-state index >= 15 is 0 Å². The lowest BCUT2D eigenvalue weighted by Crippen LogP contribution is -2.33. The molecule has 1 amide bonds. The van der Waals surface area contributed by atoms with Crippen LogP contribution in [0.25, 0.3) is 0 Å². The number of benzene rings is 1. The maximum absolute atomic E-state index is 12.2. The molecule has 2 heterocycles. The third-order valence-electron chi connectivity index (χ3n) is 4.25. The van der Waals surface area contributed by atoms with Gasteiger partial charge < -0.3 is 4.74 Å². The summed E-state index contributed by atoms with van der Waals surface area (Å²) in [5.74, 6) is -0.117. The quantitative estimate of drug-likeness (QED) is 0.803. The lowest BCUT2D eigenvalue weighted by atomic mass is 10.0. The minimum absolute atomic E-state index is 0.228. The number of aromatic nitrogens is 1. The van der Waals surface area contributed by atoms with E-state index in [0.717, 1.165) is 37.5 Å². The zero-order valence-electron chi connectivity index (χ0n) is 14.8. The number of alkyl halides is 3. The normalized spacial score (nSPS) is 18.3. The molecule has 146 valence electrons. The van der Waals surface area contributed by atoms with Crippen LogP contribution in [0.1, 0.15) is 35.8 Å². The number of nitrogens with one attached hydrogen (secondary N) is 1. The number of nitrogens with zero attached hydrogens (tertiary/aromatic N) is 2.